The number of halogens is 12. The molecule has 2 aromatic heterocycles. The van der Waals surface area contributed by atoms with Crippen molar-refractivity contribution in [1.29, 1.82) is 0 Å². The van der Waals surface area contributed by atoms with Crippen LogP contribution >= 0.6 is 50.5 Å². The van der Waals surface area contributed by atoms with Crippen molar-refractivity contribution in [3.63, 3.8) is 0 Å². The summed E-state index contributed by atoms with van der Waals surface area (Å²) in [7, 11) is 0. The Morgan fingerprint density at radius 1 is 0.559 bits per heavy atom. The lowest BCUT2D eigenvalue weighted by Gasteiger charge is -2.12. The standard InChI is InChI=1S/C18H10ClF4NO2.C18H11F4NO3.2CH4.Cl3OP/c19-16-9-17(25)24(10-15(16)11-1-3-12(20)4-2-11)13-5-7-14(8-6-13)26-18(21,22)23;19-12-3-1-11(2-4-12)15-10-23(17(25)9-16(15)24)13-5-7-14(8-6-13)26-18(20,21)22;;;1-5(2,3)4/h1-10H;1-10,24H;2*1H4;. The van der Waals surface area contributed by atoms with Crippen molar-refractivity contribution in [1.82, 2.24) is 9.13 Å². The fourth-order valence-corrected chi connectivity index (χ4v) is 5.00. The molecule has 1 N–H and O–H groups in total. The van der Waals surface area contributed by atoms with Crippen LogP contribution < -0.4 is 20.6 Å². The molecule has 0 aliphatic heterocycles. The molecule has 316 valence electrons. The molecule has 0 aliphatic rings. The zero-order valence-electron chi connectivity index (χ0n) is 27.9. The molecule has 0 fully saturated rings. The number of aromatic nitrogens is 2. The van der Waals surface area contributed by atoms with Gasteiger partial charge in [0.2, 0.25) is 0 Å². The lowest BCUT2D eigenvalue weighted by atomic mass is 10.1. The maximum absolute atomic E-state index is 13.1. The van der Waals surface area contributed by atoms with Gasteiger partial charge in [-0.3, -0.25) is 23.3 Å². The van der Waals surface area contributed by atoms with Crippen molar-refractivity contribution in [3.8, 4) is 50.9 Å². The fourth-order valence-electron chi connectivity index (χ4n) is 4.75. The average molecular weight is 934 g/mol. The summed E-state index contributed by atoms with van der Waals surface area (Å²) < 4.78 is 119. The van der Waals surface area contributed by atoms with Gasteiger partial charge in [-0.1, -0.05) is 50.7 Å². The summed E-state index contributed by atoms with van der Waals surface area (Å²) in [5.41, 5.74) is 1.33. The van der Waals surface area contributed by atoms with Crippen LogP contribution in [0, 0.1) is 11.6 Å². The van der Waals surface area contributed by atoms with Crippen LogP contribution in [0.15, 0.2) is 131 Å². The van der Waals surface area contributed by atoms with E-state index in [0.717, 1.165) is 34.9 Å². The van der Waals surface area contributed by atoms with E-state index in [-0.39, 0.29) is 36.9 Å². The maximum atomic E-state index is 13.1. The predicted octanol–water partition coefficient (Wildman–Crippen LogP) is 13.5. The number of hydrogen-bond donors (Lipinski definition) is 1. The molecule has 0 saturated carbocycles. The number of rotatable bonds is 6. The lowest BCUT2D eigenvalue weighted by molar-refractivity contribution is -0.275. The van der Waals surface area contributed by atoms with Gasteiger partial charge >= 0.3 is 17.9 Å². The fraction of sp³-hybridized carbons (Fsp3) is 0.105. The SMILES string of the molecule is C.C.O=P(Cl)(Cl)Cl.O=c1cc(Cl)c(-c2ccc(F)cc2)cn1-c1ccc(OC(F)(F)F)cc1.O=c1cc(O)c(-c2ccc(F)cc2)cn1-c1ccc(OC(F)(F)F)cc1. The third-order valence-corrected chi connectivity index (χ3v) is 7.36. The lowest BCUT2D eigenvalue weighted by Crippen LogP contribution is -2.18. The molecule has 0 aliphatic carbocycles. The van der Waals surface area contributed by atoms with Crippen LogP contribution in [0.1, 0.15) is 14.9 Å². The molecule has 0 saturated heterocycles. The number of benzene rings is 4. The second-order valence-corrected chi connectivity index (χ2v) is 18.1. The zero-order chi connectivity index (χ0) is 42.3. The first-order valence-corrected chi connectivity index (χ1v) is 20.1. The van der Waals surface area contributed by atoms with Crippen LogP contribution in [-0.4, -0.2) is 27.0 Å². The van der Waals surface area contributed by atoms with Crippen molar-refractivity contribution in [2.75, 3.05) is 0 Å². The summed E-state index contributed by atoms with van der Waals surface area (Å²) >= 11 is 20.0. The van der Waals surface area contributed by atoms with E-state index in [4.69, 9.17) is 11.6 Å². The minimum atomic E-state index is -4.81. The van der Waals surface area contributed by atoms with Crippen molar-refractivity contribution in [2.24, 2.45) is 0 Å². The maximum Gasteiger partial charge on any atom is 0.573 e. The monoisotopic (exact) mass is 932 g/mol. The molecule has 21 heteroatoms. The Morgan fingerprint density at radius 3 is 1.24 bits per heavy atom. The first-order chi connectivity index (χ1) is 26.5. The number of hydrogen-bond acceptors (Lipinski definition) is 6. The summed E-state index contributed by atoms with van der Waals surface area (Å²) in [6.07, 6.45) is -6.84. The van der Waals surface area contributed by atoms with Gasteiger partial charge in [-0.2, -0.15) is 0 Å². The highest BCUT2D eigenvalue weighted by molar-refractivity contribution is 8.24. The van der Waals surface area contributed by atoms with Crippen molar-refractivity contribution in [2.45, 2.75) is 27.6 Å². The van der Waals surface area contributed by atoms with E-state index in [0.29, 0.717) is 22.4 Å². The Balaban J connectivity index is 0.000000354. The van der Waals surface area contributed by atoms with Gasteiger partial charge in [0.05, 0.1) is 5.02 Å². The van der Waals surface area contributed by atoms with Gasteiger partial charge in [-0.15, -0.1) is 26.3 Å². The largest absolute Gasteiger partial charge is 0.573 e. The van der Waals surface area contributed by atoms with Crippen LogP contribution in [-0.2, 0) is 4.57 Å². The smallest absolute Gasteiger partial charge is 0.507 e. The highest BCUT2D eigenvalue weighted by atomic mass is 36.0. The Labute approximate surface area is 350 Å². The first-order valence-electron chi connectivity index (χ1n) is 15.3. The van der Waals surface area contributed by atoms with E-state index in [1.807, 2.05) is 0 Å². The molecule has 0 bridgehead atoms. The average Bonchev–Trinajstić information content (AvgIpc) is 3.09. The molecule has 0 spiro atoms. The topological polar surface area (TPSA) is 99.8 Å². The third kappa shape index (κ3) is 15.9. The Bertz CT molecular complexity index is 2310. The molecule has 4 aromatic carbocycles. The van der Waals surface area contributed by atoms with Gasteiger partial charge in [0.25, 0.3) is 11.1 Å². The minimum absolute atomic E-state index is 0. The summed E-state index contributed by atoms with van der Waals surface area (Å²) in [4.78, 5) is 24.3. The quantitative estimate of drug-likeness (QED) is 0.132. The Hall–Kier alpha value is -4.99. The summed E-state index contributed by atoms with van der Waals surface area (Å²) in [6, 6.07) is 22.4. The molecule has 6 rings (SSSR count). The van der Waals surface area contributed by atoms with Gasteiger partial charge < -0.3 is 14.6 Å². The number of ether oxygens (including phenoxy) is 2. The molecule has 6 aromatic rings. The van der Waals surface area contributed by atoms with Crippen molar-refractivity contribution in [3.05, 3.63) is 159 Å². The second-order valence-electron chi connectivity index (χ2n) is 11.0. The highest BCUT2D eigenvalue weighted by Gasteiger charge is 2.31. The molecular weight excluding hydrogens is 905 g/mol. The Kier molecular flexibility index (Phi) is 17.7. The molecule has 0 atom stereocenters. The van der Waals surface area contributed by atoms with Crippen LogP contribution in [0.5, 0.6) is 17.2 Å². The van der Waals surface area contributed by atoms with Crippen molar-refractivity contribution < 1.29 is 54.3 Å². The first kappa shape index (κ1) is 50.2. The molecule has 0 unspecified atom stereocenters. The molecular formula is C38H29Cl4F8N2O6P. The van der Waals surface area contributed by atoms with E-state index in [2.05, 4.69) is 43.2 Å². The van der Waals surface area contributed by atoms with E-state index < -0.39 is 52.2 Å². The normalized spacial score (nSPS) is 11.1. The molecule has 8 nitrogen and oxygen atoms in total. The number of pyridine rings is 2. The van der Waals surface area contributed by atoms with E-state index in [9.17, 15) is 54.4 Å². The van der Waals surface area contributed by atoms with Crippen LogP contribution in [0.4, 0.5) is 35.1 Å². The number of alkyl halides is 6. The Morgan fingerprint density at radius 2 is 0.881 bits per heavy atom. The predicted molar refractivity (Wildman–Crippen MR) is 214 cm³/mol. The van der Waals surface area contributed by atoms with Crippen molar-refractivity contribution >= 4 is 50.5 Å². The van der Waals surface area contributed by atoms with Gasteiger partial charge in [-0.25, -0.2) is 8.78 Å². The number of aromatic hydroxyl groups is 1. The van der Waals surface area contributed by atoms with E-state index >= 15 is 0 Å². The van der Waals surface area contributed by atoms with Gasteiger partial charge in [0.15, 0.2) is 0 Å². The van der Waals surface area contributed by atoms with Crippen LogP contribution in [0.3, 0.4) is 0 Å². The third-order valence-electron chi connectivity index (χ3n) is 7.04. The molecule has 2 heterocycles. The summed E-state index contributed by atoms with van der Waals surface area (Å²) in [5, 5.41) is 6.96. The minimum Gasteiger partial charge on any atom is -0.507 e. The van der Waals surface area contributed by atoms with Crippen LogP contribution in [0.2, 0.25) is 5.02 Å². The second kappa shape index (κ2) is 20.8. The zero-order valence-corrected chi connectivity index (χ0v) is 31.8. The van der Waals surface area contributed by atoms with Gasteiger partial charge in [-0.05, 0) is 118 Å². The summed E-state index contributed by atoms with van der Waals surface area (Å²) in [5.74, 6) is -2.00. The molecule has 0 radical (unpaired) electrons. The van der Waals surface area contributed by atoms with Gasteiger partial charge in [0.1, 0.15) is 28.9 Å². The molecule has 59 heavy (non-hydrogen) atoms. The molecule has 0 amide bonds. The van der Waals surface area contributed by atoms with E-state index in [1.165, 1.54) is 95.8 Å². The van der Waals surface area contributed by atoms with E-state index in [1.54, 1.807) is 0 Å². The summed E-state index contributed by atoms with van der Waals surface area (Å²) in [6.45, 7) is 0. The number of nitrogens with zero attached hydrogens (tertiary/aromatic N) is 2. The van der Waals surface area contributed by atoms with Crippen LogP contribution in [0.25, 0.3) is 33.6 Å². The van der Waals surface area contributed by atoms with Gasteiger partial charge in [0, 0.05) is 47.0 Å². The highest BCUT2D eigenvalue weighted by Crippen LogP contribution is 2.61.